The molecule has 1 aliphatic rings. The summed E-state index contributed by atoms with van der Waals surface area (Å²) in [5, 5.41) is 17.9. The number of hydrogen-bond donors (Lipinski definition) is 3. The molecule has 0 bridgehead atoms. The third kappa shape index (κ3) is 7.01. The summed E-state index contributed by atoms with van der Waals surface area (Å²) in [5.41, 5.74) is 1.52. The van der Waals surface area contributed by atoms with Crippen molar-refractivity contribution in [2.45, 2.75) is 68.0 Å². The van der Waals surface area contributed by atoms with Crippen LogP contribution in [0.2, 0.25) is 0 Å². The topological polar surface area (TPSA) is 96.0 Å². The summed E-state index contributed by atoms with van der Waals surface area (Å²) in [6, 6.07) is 7.70. The van der Waals surface area contributed by atoms with E-state index in [1.54, 1.807) is 0 Å². The molecule has 1 atom stereocenters. The van der Waals surface area contributed by atoms with E-state index in [-0.39, 0.29) is 17.1 Å². The van der Waals surface area contributed by atoms with Crippen LogP contribution in [0.25, 0.3) is 0 Å². The van der Waals surface area contributed by atoms with Gasteiger partial charge in [0.2, 0.25) is 16.9 Å². The molecule has 2 amide bonds. The average Bonchev–Trinajstić information content (AvgIpc) is 2.94. The van der Waals surface area contributed by atoms with Gasteiger partial charge in [-0.3, -0.25) is 9.59 Å². The van der Waals surface area contributed by atoms with Crippen molar-refractivity contribution in [3.63, 3.8) is 0 Å². The Morgan fingerprint density at radius 3 is 2.59 bits per heavy atom. The van der Waals surface area contributed by atoms with Gasteiger partial charge in [0, 0.05) is 24.3 Å². The summed E-state index contributed by atoms with van der Waals surface area (Å²) in [7, 11) is 0. The van der Waals surface area contributed by atoms with Crippen LogP contribution in [0, 0.1) is 0 Å². The van der Waals surface area contributed by atoms with Crippen molar-refractivity contribution < 1.29 is 9.59 Å². The molecular formula is C20H27N5O2S2. The summed E-state index contributed by atoms with van der Waals surface area (Å²) >= 11 is 2.83. The molecule has 3 rings (SSSR count). The van der Waals surface area contributed by atoms with Gasteiger partial charge in [0.1, 0.15) is 0 Å². The summed E-state index contributed by atoms with van der Waals surface area (Å²) in [4.78, 5) is 23.7. The highest BCUT2D eigenvalue weighted by Gasteiger charge is 2.21. The first-order valence-corrected chi connectivity index (χ1v) is 11.6. The molecule has 1 aliphatic carbocycles. The molecular weight excluding hydrogens is 406 g/mol. The van der Waals surface area contributed by atoms with E-state index < -0.39 is 0 Å². The smallest absolute Gasteiger partial charge is 0.233 e. The fraction of sp³-hybridized carbons (Fsp3) is 0.500. The van der Waals surface area contributed by atoms with E-state index in [2.05, 4.69) is 26.1 Å². The largest absolute Gasteiger partial charge is 0.352 e. The van der Waals surface area contributed by atoms with Crippen LogP contribution in [0.3, 0.4) is 0 Å². The number of anilines is 3. The summed E-state index contributed by atoms with van der Waals surface area (Å²) in [6.45, 7) is 3.38. The van der Waals surface area contributed by atoms with Crippen molar-refractivity contribution in [2.75, 3.05) is 10.6 Å². The van der Waals surface area contributed by atoms with Gasteiger partial charge in [0.05, 0.1) is 5.25 Å². The van der Waals surface area contributed by atoms with Crippen LogP contribution in [-0.4, -0.2) is 33.3 Å². The molecule has 1 saturated carbocycles. The summed E-state index contributed by atoms with van der Waals surface area (Å²) in [5.74, 6) is -0.0533. The van der Waals surface area contributed by atoms with Crippen molar-refractivity contribution in [1.82, 2.24) is 15.5 Å². The van der Waals surface area contributed by atoms with Gasteiger partial charge in [0.15, 0.2) is 4.34 Å². The standard InChI is InChI=1S/C20H27N5O2S2/c1-13(18(27)22-15-8-5-3-4-6-9-15)28-20-25-24-19(29-20)23-17-11-7-10-16(12-17)21-14(2)26/h7,10-13,15H,3-6,8-9H2,1-2H3,(H,21,26)(H,22,27)(H,23,24). The second kappa shape index (κ2) is 10.6. The van der Waals surface area contributed by atoms with Gasteiger partial charge in [-0.2, -0.15) is 0 Å². The predicted octanol–water partition coefficient (Wildman–Crippen LogP) is 4.56. The fourth-order valence-electron chi connectivity index (χ4n) is 3.26. The van der Waals surface area contributed by atoms with E-state index in [9.17, 15) is 9.59 Å². The van der Waals surface area contributed by atoms with E-state index in [1.165, 1.54) is 55.7 Å². The lowest BCUT2D eigenvalue weighted by Gasteiger charge is -2.18. The Balaban J connectivity index is 1.53. The molecule has 1 aromatic carbocycles. The Kier molecular flexibility index (Phi) is 7.88. The average molecular weight is 434 g/mol. The fourth-order valence-corrected chi connectivity index (χ4v) is 5.18. The normalized spacial score (nSPS) is 15.9. The zero-order valence-corrected chi connectivity index (χ0v) is 18.4. The molecule has 1 fully saturated rings. The molecule has 0 radical (unpaired) electrons. The molecule has 156 valence electrons. The Bertz CT molecular complexity index is 834. The third-order valence-corrected chi connectivity index (χ3v) is 6.71. The van der Waals surface area contributed by atoms with E-state index in [0.29, 0.717) is 16.9 Å². The predicted molar refractivity (Wildman–Crippen MR) is 119 cm³/mol. The Labute approximate surface area is 179 Å². The number of carbonyl (C=O) groups is 2. The third-order valence-electron chi connectivity index (χ3n) is 4.69. The van der Waals surface area contributed by atoms with Crippen LogP contribution in [0.15, 0.2) is 28.6 Å². The lowest BCUT2D eigenvalue weighted by Crippen LogP contribution is -2.39. The Morgan fingerprint density at radius 1 is 1.14 bits per heavy atom. The maximum absolute atomic E-state index is 12.5. The molecule has 1 unspecified atom stereocenters. The zero-order valence-electron chi connectivity index (χ0n) is 16.7. The highest BCUT2D eigenvalue weighted by atomic mass is 32.2. The van der Waals surface area contributed by atoms with Gasteiger partial charge < -0.3 is 16.0 Å². The van der Waals surface area contributed by atoms with Crippen molar-refractivity contribution in [1.29, 1.82) is 0 Å². The second-order valence-corrected chi connectivity index (χ2v) is 9.78. The SMILES string of the molecule is CC(=O)Nc1cccc(Nc2nnc(SC(C)C(=O)NC3CCCCCC3)s2)c1. The molecule has 29 heavy (non-hydrogen) atoms. The molecule has 1 heterocycles. The molecule has 2 aromatic rings. The monoisotopic (exact) mass is 433 g/mol. The van der Waals surface area contributed by atoms with E-state index >= 15 is 0 Å². The molecule has 7 nitrogen and oxygen atoms in total. The van der Waals surface area contributed by atoms with E-state index in [4.69, 9.17) is 0 Å². The number of hydrogen-bond acceptors (Lipinski definition) is 7. The number of thioether (sulfide) groups is 1. The minimum absolute atomic E-state index is 0.0645. The van der Waals surface area contributed by atoms with Gasteiger partial charge in [-0.1, -0.05) is 54.8 Å². The molecule has 0 aliphatic heterocycles. The lowest BCUT2D eigenvalue weighted by atomic mass is 10.1. The minimum atomic E-state index is -0.220. The highest BCUT2D eigenvalue weighted by molar-refractivity contribution is 8.02. The maximum Gasteiger partial charge on any atom is 0.233 e. The number of amides is 2. The maximum atomic E-state index is 12.5. The van der Waals surface area contributed by atoms with Crippen LogP contribution in [0.1, 0.15) is 52.4 Å². The number of benzene rings is 1. The van der Waals surface area contributed by atoms with Crippen molar-refractivity contribution in [2.24, 2.45) is 0 Å². The summed E-state index contributed by atoms with van der Waals surface area (Å²) in [6.07, 6.45) is 7.08. The Hall–Kier alpha value is -2.13. The number of aromatic nitrogens is 2. The lowest BCUT2D eigenvalue weighted by molar-refractivity contribution is -0.121. The molecule has 9 heteroatoms. The van der Waals surface area contributed by atoms with Crippen LogP contribution in [-0.2, 0) is 9.59 Å². The molecule has 3 N–H and O–H groups in total. The second-order valence-electron chi connectivity index (χ2n) is 7.22. The summed E-state index contributed by atoms with van der Waals surface area (Å²) < 4.78 is 0.744. The van der Waals surface area contributed by atoms with E-state index in [1.807, 2.05) is 31.2 Å². The van der Waals surface area contributed by atoms with E-state index in [0.717, 1.165) is 22.9 Å². The first-order chi connectivity index (χ1) is 14.0. The number of rotatable bonds is 7. The number of carbonyl (C=O) groups excluding carboxylic acids is 2. The van der Waals surface area contributed by atoms with Gasteiger partial charge in [-0.05, 0) is 38.0 Å². The first-order valence-electron chi connectivity index (χ1n) is 9.95. The van der Waals surface area contributed by atoms with Gasteiger partial charge in [-0.25, -0.2) is 0 Å². The number of nitrogens with one attached hydrogen (secondary N) is 3. The minimum Gasteiger partial charge on any atom is -0.352 e. The van der Waals surface area contributed by atoms with Crippen molar-refractivity contribution >= 4 is 51.4 Å². The zero-order chi connectivity index (χ0) is 20.6. The quantitative estimate of drug-likeness (QED) is 0.438. The van der Waals surface area contributed by atoms with Crippen LogP contribution in [0.4, 0.5) is 16.5 Å². The number of nitrogens with zero attached hydrogens (tertiary/aromatic N) is 2. The molecule has 0 spiro atoms. The molecule has 0 saturated heterocycles. The van der Waals surface area contributed by atoms with Gasteiger partial charge in [0.25, 0.3) is 0 Å². The van der Waals surface area contributed by atoms with Crippen molar-refractivity contribution in [3.8, 4) is 0 Å². The van der Waals surface area contributed by atoms with Gasteiger partial charge >= 0.3 is 0 Å². The van der Waals surface area contributed by atoms with Crippen LogP contribution >= 0.6 is 23.1 Å². The molecule has 1 aromatic heterocycles. The first kappa shape index (κ1) is 21.6. The Morgan fingerprint density at radius 2 is 1.86 bits per heavy atom. The van der Waals surface area contributed by atoms with Crippen LogP contribution in [0.5, 0.6) is 0 Å². The van der Waals surface area contributed by atoms with Crippen molar-refractivity contribution in [3.05, 3.63) is 24.3 Å². The van der Waals surface area contributed by atoms with Gasteiger partial charge in [-0.15, -0.1) is 10.2 Å². The highest BCUT2D eigenvalue weighted by Crippen LogP contribution is 2.31. The van der Waals surface area contributed by atoms with Crippen LogP contribution < -0.4 is 16.0 Å².